The Morgan fingerprint density at radius 2 is 2.00 bits per heavy atom. The zero-order chi connectivity index (χ0) is 14.3. The van der Waals surface area contributed by atoms with E-state index in [1.807, 2.05) is 11.4 Å². The van der Waals surface area contributed by atoms with Crippen molar-refractivity contribution in [2.45, 2.75) is 4.90 Å². The molecule has 2 aromatic rings. The number of hydrogen-bond acceptors (Lipinski definition) is 4. The second-order valence-electron chi connectivity index (χ2n) is 4.42. The standard InChI is InChI=1S/C14H9BrO3S2/c15-10-6-11(19-7-10)5-9-8-20(17,18)13-4-2-1-3-12(13)14(9)16/h1-7H,8H2/b9-5+. The Morgan fingerprint density at radius 3 is 2.70 bits per heavy atom. The molecule has 1 aliphatic heterocycles. The van der Waals surface area contributed by atoms with E-state index in [0.717, 1.165) is 9.35 Å². The normalized spacial score (nSPS) is 19.1. The van der Waals surface area contributed by atoms with Gasteiger partial charge >= 0.3 is 0 Å². The van der Waals surface area contributed by atoms with Gasteiger partial charge in [0, 0.05) is 25.9 Å². The molecule has 0 atom stereocenters. The van der Waals surface area contributed by atoms with Crippen LogP contribution in [0.15, 0.2) is 50.7 Å². The summed E-state index contributed by atoms with van der Waals surface area (Å²) in [7, 11) is -3.43. The zero-order valence-corrected chi connectivity index (χ0v) is 13.4. The van der Waals surface area contributed by atoms with Crippen molar-refractivity contribution in [3.8, 4) is 0 Å². The molecule has 0 radical (unpaired) electrons. The van der Waals surface area contributed by atoms with Crippen molar-refractivity contribution < 1.29 is 13.2 Å². The number of halogens is 1. The van der Waals surface area contributed by atoms with Gasteiger partial charge in [-0.05, 0) is 40.2 Å². The number of benzene rings is 1. The Hall–Kier alpha value is -1.24. The molecule has 0 saturated carbocycles. The van der Waals surface area contributed by atoms with Crippen molar-refractivity contribution in [1.82, 2.24) is 0 Å². The summed E-state index contributed by atoms with van der Waals surface area (Å²) in [6.45, 7) is 0. The molecule has 20 heavy (non-hydrogen) atoms. The molecule has 3 rings (SSSR count). The average molecular weight is 369 g/mol. The van der Waals surface area contributed by atoms with Gasteiger partial charge in [-0.2, -0.15) is 0 Å². The Bertz CT molecular complexity index is 832. The summed E-state index contributed by atoms with van der Waals surface area (Å²) in [5, 5.41) is 1.89. The molecule has 6 heteroatoms. The first kappa shape index (κ1) is 13.7. The first-order valence-corrected chi connectivity index (χ1v) is 9.11. The number of hydrogen-bond donors (Lipinski definition) is 0. The molecule has 2 heterocycles. The van der Waals surface area contributed by atoms with Crippen LogP contribution in [0.3, 0.4) is 0 Å². The fourth-order valence-corrected chi connectivity index (χ4v) is 5.09. The SMILES string of the molecule is O=C1/C(=C/c2cc(Br)cs2)CS(=O)(=O)c2ccccc21. The zero-order valence-electron chi connectivity index (χ0n) is 10.2. The van der Waals surface area contributed by atoms with Crippen LogP contribution in [0.4, 0.5) is 0 Å². The molecule has 0 spiro atoms. The van der Waals surface area contributed by atoms with Crippen molar-refractivity contribution in [1.29, 1.82) is 0 Å². The third-order valence-corrected chi connectivity index (χ3v) is 6.37. The number of carbonyl (C=O) groups excluding carboxylic acids is 1. The predicted molar refractivity (Wildman–Crippen MR) is 82.8 cm³/mol. The number of sulfone groups is 1. The topological polar surface area (TPSA) is 51.2 Å². The summed E-state index contributed by atoms with van der Waals surface area (Å²) in [4.78, 5) is 13.4. The van der Waals surface area contributed by atoms with E-state index in [-0.39, 0.29) is 22.0 Å². The lowest BCUT2D eigenvalue weighted by molar-refractivity contribution is 0.103. The van der Waals surface area contributed by atoms with Crippen LogP contribution in [0, 0.1) is 0 Å². The van der Waals surface area contributed by atoms with Gasteiger partial charge in [0.1, 0.15) is 0 Å². The first-order valence-electron chi connectivity index (χ1n) is 5.78. The Kier molecular flexibility index (Phi) is 3.40. The van der Waals surface area contributed by atoms with E-state index in [1.54, 1.807) is 24.3 Å². The molecule has 1 aliphatic rings. The average Bonchev–Trinajstić information content (AvgIpc) is 2.81. The van der Waals surface area contributed by atoms with Gasteiger partial charge in [0.15, 0.2) is 15.6 Å². The minimum Gasteiger partial charge on any atom is -0.289 e. The highest BCUT2D eigenvalue weighted by Gasteiger charge is 2.32. The highest BCUT2D eigenvalue weighted by Crippen LogP contribution is 2.30. The predicted octanol–water partition coefficient (Wildman–Crippen LogP) is 3.56. The van der Waals surface area contributed by atoms with Crippen molar-refractivity contribution in [2.24, 2.45) is 0 Å². The molecule has 0 saturated heterocycles. The molecule has 0 bridgehead atoms. The van der Waals surface area contributed by atoms with E-state index < -0.39 is 9.84 Å². The lowest BCUT2D eigenvalue weighted by atomic mass is 10.0. The van der Waals surface area contributed by atoms with Crippen LogP contribution >= 0.6 is 27.3 Å². The minimum absolute atomic E-state index is 0.134. The molecule has 0 unspecified atom stereocenters. The number of carbonyl (C=O) groups is 1. The minimum atomic E-state index is -3.43. The maximum absolute atomic E-state index is 12.4. The lowest BCUT2D eigenvalue weighted by Crippen LogP contribution is -2.24. The number of thiophene rings is 1. The lowest BCUT2D eigenvalue weighted by Gasteiger charge is -2.17. The first-order chi connectivity index (χ1) is 9.47. The number of fused-ring (bicyclic) bond motifs is 1. The van der Waals surface area contributed by atoms with Crippen LogP contribution in [0.25, 0.3) is 6.08 Å². The van der Waals surface area contributed by atoms with Crippen LogP contribution < -0.4 is 0 Å². The molecule has 102 valence electrons. The molecule has 3 nitrogen and oxygen atoms in total. The van der Waals surface area contributed by atoms with Crippen molar-refractivity contribution in [2.75, 3.05) is 5.75 Å². The smallest absolute Gasteiger partial charge is 0.191 e. The number of ketones is 1. The molecule has 0 fully saturated rings. The fraction of sp³-hybridized carbons (Fsp3) is 0.0714. The molecule has 1 aromatic heterocycles. The van der Waals surface area contributed by atoms with E-state index in [1.165, 1.54) is 17.4 Å². The maximum atomic E-state index is 12.4. The van der Waals surface area contributed by atoms with Crippen molar-refractivity contribution in [3.63, 3.8) is 0 Å². The van der Waals surface area contributed by atoms with Gasteiger partial charge in [-0.15, -0.1) is 11.3 Å². The van der Waals surface area contributed by atoms with Crippen LogP contribution in [0.5, 0.6) is 0 Å². The van der Waals surface area contributed by atoms with Gasteiger partial charge in [-0.3, -0.25) is 4.79 Å². The van der Waals surface area contributed by atoms with Crippen molar-refractivity contribution in [3.05, 3.63) is 56.2 Å². The van der Waals surface area contributed by atoms with E-state index in [4.69, 9.17) is 0 Å². The molecule has 1 aromatic carbocycles. The third-order valence-electron chi connectivity index (χ3n) is 3.01. The molecule has 0 N–H and O–H groups in total. The van der Waals surface area contributed by atoms with Crippen LogP contribution in [0.1, 0.15) is 15.2 Å². The second-order valence-corrected chi connectivity index (χ2v) is 8.24. The van der Waals surface area contributed by atoms with E-state index >= 15 is 0 Å². The largest absolute Gasteiger partial charge is 0.289 e. The van der Waals surface area contributed by atoms with Gasteiger partial charge in [0.25, 0.3) is 0 Å². The van der Waals surface area contributed by atoms with Gasteiger partial charge in [0.05, 0.1) is 10.6 Å². The van der Waals surface area contributed by atoms with Gasteiger partial charge in [0.2, 0.25) is 0 Å². The summed E-state index contributed by atoms with van der Waals surface area (Å²) < 4.78 is 25.4. The summed E-state index contributed by atoms with van der Waals surface area (Å²) in [5.41, 5.74) is 0.582. The van der Waals surface area contributed by atoms with Gasteiger partial charge in [-0.1, -0.05) is 12.1 Å². The van der Waals surface area contributed by atoms with Crippen LogP contribution in [-0.2, 0) is 9.84 Å². The maximum Gasteiger partial charge on any atom is 0.191 e. The third kappa shape index (κ3) is 2.39. The molecular weight excluding hydrogens is 360 g/mol. The highest BCUT2D eigenvalue weighted by atomic mass is 79.9. The van der Waals surface area contributed by atoms with E-state index in [9.17, 15) is 13.2 Å². The summed E-state index contributed by atoms with van der Waals surface area (Å²) >= 11 is 4.79. The monoisotopic (exact) mass is 368 g/mol. The summed E-state index contributed by atoms with van der Waals surface area (Å²) in [6, 6.07) is 8.22. The van der Waals surface area contributed by atoms with E-state index in [2.05, 4.69) is 15.9 Å². The Morgan fingerprint density at radius 1 is 1.25 bits per heavy atom. The number of Topliss-reactive ketones (excluding diaryl/α,β-unsaturated/α-hetero) is 1. The summed E-state index contributed by atoms with van der Waals surface area (Å²) in [6.07, 6.45) is 1.66. The highest BCUT2D eigenvalue weighted by molar-refractivity contribution is 9.10. The fourth-order valence-electron chi connectivity index (χ4n) is 2.13. The van der Waals surface area contributed by atoms with Gasteiger partial charge < -0.3 is 0 Å². The van der Waals surface area contributed by atoms with Gasteiger partial charge in [-0.25, -0.2) is 8.42 Å². The summed E-state index contributed by atoms with van der Waals surface area (Å²) in [5.74, 6) is -0.446. The van der Waals surface area contributed by atoms with Crippen LogP contribution in [-0.4, -0.2) is 20.0 Å². The Balaban J connectivity index is 2.14. The van der Waals surface area contributed by atoms with E-state index in [0.29, 0.717) is 5.57 Å². The molecular formula is C14H9BrO3S2. The second kappa shape index (κ2) is 4.95. The molecule has 0 amide bonds. The van der Waals surface area contributed by atoms with Crippen LogP contribution in [0.2, 0.25) is 0 Å². The quantitative estimate of drug-likeness (QED) is 0.723. The number of rotatable bonds is 1. The van der Waals surface area contributed by atoms with Crippen molar-refractivity contribution >= 4 is 49.0 Å². The molecule has 0 aliphatic carbocycles. The Labute approximate surface area is 129 Å².